The van der Waals surface area contributed by atoms with Crippen molar-refractivity contribution >= 4 is 34.3 Å². The lowest BCUT2D eigenvalue weighted by Crippen LogP contribution is -2.59. The Labute approximate surface area is 265 Å². The number of piperazine rings is 1. The smallest absolute Gasteiger partial charge is 0.337 e. The molecule has 0 spiro atoms. The topological polar surface area (TPSA) is 100 Å². The molecule has 8 rings (SSSR count). The molecule has 2 aromatic heterocycles. The monoisotopic (exact) mass is 631 g/mol. The Morgan fingerprint density at radius 1 is 1.11 bits per heavy atom. The summed E-state index contributed by atoms with van der Waals surface area (Å²) in [5, 5.41) is 0.557. The lowest BCUT2D eigenvalue weighted by molar-refractivity contribution is -0.0716. The van der Waals surface area contributed by atoms with Crippen LogP contribution in [0, 0.1) is 0 Å². The molecule has 0 N–H and O–H groups in total. The Morgan fingerprint density at radius 3 is 2.76 bits per heavy atom. The molecule has 3 saturated heterocycles. The Morgan fingerprint density at radius 2 is 1.98 bits per heavy atom. The number of imidazole rings is 1. The van der Waals surface area contributed by atoms with Crippen molar-refractivity contribution in [1.82, 2.24) is 19.4 Å². The predicted molar refractivity (Wildman–Crippen MR) is 166 cm³/mol. The first kappa shape index (κ1) is 28.6. The second kappa shape index (κ2) is 11.2. The van der Waals surface area contributed by atoms with E-state index in [0.717, 1.165) is 48.7 Å². The number of methoxy groups -OCH3 is 1. The number of ether oxygens (including phenoxy) is 5. The van der Waals surface area contributed by atoms with Gasteiger partial charge in [0.2, 0.25) is 0 Å². The zero-order valence-electron chi connectivity index (χ0n) is 25.1. The summed E-state index contributed by atoms with van der Waals surface area (Å²) < 4.78 is 32.0. The number of carbonyl (C=O) groups is 1. The third kappa shape index (κ3) is 4.98. The maximum atomic E-state index is 12.3. The zero-order valence-corrected chi connectivity index (χ0v) is 25.9. The maximum absolute atomic E-state index is 12.3. The first-order chi connectivity index (χ1) is 21.9. The van der Waals surface area contributed by atoms with Gasteiger partial charge in [0.05, 0.1) is 78.9 Å². The van der Waals surface area contributed by atoms with E-state index in [2.05, 4.69) is 25.4 Å². The molecular formula is C33H34ClN5O6. The minimum absolute atomic E-state index is 0.119. The molecule has 2 aromatic carbocycles. The minimum atomic E-state index is -1.06. The Kier molecular flexibility index (Phi) is 7.09. The molecule has 0 aliphatic carbocycles. The fourth-order valence-electron chi connectivity index (χ4n) is 6.88. The van der Waals surface area contributed by atoms with Gasteiger partial charge in [-0.15, -0.1) is 0 Å². The van der Waals surface area contributed by atoms with Gasteiger partial charge in [-0.2, -0.15) is 0 Å². The number of para-hydroxylation sites is 1. The van der Waals surface area contributed by atoms with Gasteiger partial charge in [0, 0.05) is 32.8 Å². The third-order valence-corrected chi connectivity index (χ3v) is 9.58. The fraction of sp³-hybridized carbons (Fsp3) is 0.424. The Balaban J connectivity index is 1.06. The number of halogens is 1. The molecule has 4 aliphatic rings. The molecule has 11 nitrogen and oxygen atoms in total. The van der Waals surface area contributed by atoms with Gasteiger partial charge >= 0.3 is 5.97 Å². The molecule has 0 amide bonds. The average molecular weight is 632 g/mol. The summed E-state index contributed by atoms with van der Waals surface area (Å²) in [5.74, 6) is 0.917. The molecule has 4 aromatic rings. The van der Waals surface area contributed by atoms with Crippen molar-refractivity contribution in [3.8, 4) is 11.5 Å². The summed E-state index contributed by atoms with van der Waals surface area (Å²) in [4.78, 5) is 26.7. The highest BCUT2D eigenvalue weighted by molar-refractivity contribution is 6.30. The van der Waals surface area contributed by atoms with Gasteiger partial charge in [0.1, 0.15) is 11.5 Å². The van der Waals surface area contributed by atoms with Crippen molar-refractivity contribution in [2.24, 2.45) is 0 Å². The van der Waals surface area contributed by atoms with Crippen molar-refractivity contribution in [2.45, 2.75) is 50.4 Å². The molecule has 1 unspecified atom stereocenters. The average Bonchev–Trinajstić information content (AvgIpc) is 3.74. The number of benzene rings is 2. The highest BCUT2D eigenvalue weighted by Gasteiger charge is 2.46. The van der Waals surface area contributed by atoms with Crippen LogP contribution in [0.3, 0.4) is 0 Å². The van der Waals surface area contributed by atoms with Crippen LogP contribution in [0.15, 0.2) is 54.7 Å². The van der Waals surface area contributed by atoms with E-state index in [1.807, 2.05) is 37.3 Å². The van der Waals surface area contributed by atoms with Crippen LogP contribution in [0.5, 0.6) is 11.5 Å². The molecule has 4 atom stereocenters. The Hall–Kier alpha value is -3.90. The van der Waals surface area contributed by atoms with Crippen LogP contribution >= 0.6 is 11.6 Å². The van der Waals surface area contributed by atoms with Crippen molar-refractivity contribution in [1.29, 1.82) is 0 Å². The molecule has 0 saturated carbocycles. The molecular weight excluding hydrogens is 598 g/mol. The zero-order chi connectivity index (χ0) is 30.7. The number of nitrogens with zero attached hydrogens (tertiary/aromatic N) is 5. The van der Waals surface area contributed by atoms with Crippen LogP contribution in [0.2, 0.25) is 5.02 Å². The Bertz CT molecular complexity index is 1760. The standard InChI is InChI=1S/C33H34ClN5O6/c1-33(29-9-7-21(34)15-35-29)44-28-5-3-4-24(31(28)45-33)38-12-11-37(26-18-42-19-27(26)38)17-30-36-23-8-6-20(32(40)41-2)14-25(23)39(30)16-22-10-13-43-22/h3-9,14-15,22,26-27H,10-13,16-19H2,1-2H3/t22-,26+,27-,33?/m0/s1. The molecule has 12 heteroatoms. The van der Waals surface area contributed by atoms with Gasteiger partial charge in [0.25, 0.3) is 5.79 Å². The molecule has 0 bridgehead atoms. The second-order valence-corrected chi connectivity index (χ2v) is 12.5. The summed E-state index contributed by atoms with van der Waals surface area (Å²) in [6, 6.07) is 15.5. The van der Waals surface area contributed by atoms with Gasteiger partial charge < -0.3 is 33.2 Å². The second-order valence-electron chi connectivity index (χ2n) is 12.1. The molecule has 0 radical (unpaired) electrons. The summed E-state index contributed by atoms with van der Waals surface area (Å²) in [6.07, 6.45) is 2.75. The lowest BCUT2D eigenvalue weighted by Gasteiger charge is -2.44. The number of anilines is 1. The number of hydrogen-bond donors (Lipinski definition) is 0. The minimum Gasteiger partial charge on any atom is -0.465 e. The quantitative estimate of drug-likeness (QED) is 0.273. The number of esters is 1. The first-order valence-corrected chi connectivity index (χ1v) is 15.7. The molecule has 4 aliphatic heterocycles. The summed E-state index contributed by atoms with van der Waals surface area (Å²) in [5.41, 5.74) is 3.90. The van der Waals surface area contributed by atoms with Gasteiger partial charge in [-0.3, -0.25) is 9.88 Å². The van der Waals surface area contributed by atoms with Crippen LogP contribution in [0.25, 0.3) is 11.0 Å². The maximum Gasteiger partial charge on any atom is 0.337 e. The number of rotatable bonds is 7. The van der Waals surface area contributed by atoms with E-state index >= 15 is 0 Å². The largest absolute Gasteiger partial charge is 0.465 e. The number of fused-ring (bicyclic) bond motifs is 3. The van der Waals surface area contributed by atoms with Crippen LogP contribution in [-0.2, 0) is 33.1 Å². The molecule has 6 heterocycles. The van der Waals surface area contributed by atoms with E-state index in [-0.39, 0.29) is 24.2 Å². The molecule has 234 valence electrons. The van der Waals surface area contributed by atoms with E-state index in [1.165, 1.54) is 7.11 Å². The van der Waals surface area contributed by atoms with Gasteiger partial charge in [-0.05, 0) is 48.9 Å². The molecule has 3 fully saturated rings. The summed E-state index contributed by atoms with van der Waals surface area (Å²) in [6.45, 7) is 6.81. The van der Waals surface area contributed by atoms with Gasteiger partial charge in [0.15, 0.2) is 11.5 Å². The number of aromatic nitrogens is 3. The normalized spacial score (nSPS) is 25.8. The van der Waals surface area contributed by atoms with Crippen molar-refractivity contribution < 1.29 is 28.5 Å². The van der Waals surface area contributed by atoms with E-state index in [4.69, 9.17) is 40.3 Å². The highest BCUT2D eigenvalue weighted by Crippen LogP contribution is 2.50. The van der Waals surface area contributed by atoms with Crippen LogP contribution in [-0.4, -0.2) is 83.6 Å². The number of pyridine rings is 1. The van der Waals surface area contributed by atoms with Crippen LogP contribution in [0.1, 0.15) is 35.2 Å². The van der Waals surface area contributed by atoms with Crippen molar-refractivity contribution in [3.05, 3.63) is 76.8 Å². The first-order valence-electron chi connectivity index (χ1n) is 15.3. The SMILES string of the molecule is COC(=O)c1ccc2nc(CN3CCN(c4cccc5c4OC(C)(c4ccc(Cl)cn4)O5)[C@H]4COC[C@H]43)n(C[C@@H]3CCO3)c2c1. The number of hydrogen-bond acceptors (Lipinski definition) is 10. The third-order valence-electron chi connectivity index (χ3n) is 9.35. The predicted octanol–water partition coefficient (Wildman–Crippen LogP) is 4.39. The summed E-state index contributed by atoms with van der Waals surface area (Å²) in [7, 11) is 1.40. The fourth-order valence-corrected chi connectivity index (χ4v) is 7.00. The summed E-state index contributed by atoms with van der Waals surface area (Å²) >= 11 is 6.08. The molecule has 45 heavy (non-hydrogen) atoms. The van der Waals surface area contributed by atoms with Gasteiger partial charge in [-0.1, -0.05) is 17.7 Å². The highest BCUT2D eigenvalue weighted by atomic mass is 35.5. The van der Waals surface area contributed by atoms with E-state index in [0.29, 0.717) is 54.1 Å². The number of carbonyl (C=O) groups excluding carboxylic acids is 1. The van der Waals surface area contributed by atoms with E-state index in [1.54, 1.807) is 18.3 Å². The lowest BCUT2D eigenvalue weighted by atomic mass is 10.0. The van der Waals surface area contributed by atoms with Crippen molar-refractivity contribution in [3.63, 3.8) is 0 Å². The van der Waals surface area contributed by atoms with Crippen LogP contribution < -0.4 is 14.4 Å². The van der Waals surface area contributed by atoms with Crippen molar-refractivity contribution in [2.75, 3.05) is 44.9 Å². The van der Waals surface area contributed by atoms with Crippen LogP contribution in [0.4, 0.5) is 5.69 Å². The van der Waals surface area contributed by atoms with Gasteiger partial charge in [-0.25, -0.2) is 9.78 Å². The van der Waals surface area contributed by atoms with E-state index in [9.17, 15) is 4.79 Å². The van der Waals surface area contributed by atoms with E-state index < -0.39 is 5.79 Å².